The average molecular weight is 425 g/mol. The van der Waals surface area contributed by atoms with Crippen LogP contribution in [-0.2, 0) is 0 Å². The molecular weight excluding hydrogens is 408 g/mol. The predicted octanol–water partition coefficient (Wildman–Crippen LogP) is 7.12. The van der Waals surface area contributed by atoms with E-state index in [-0.39, 0.29) is 0 Å². The van der Waals surface area contributed by atoms with Gasteiger partial charge in [-0.25, -0.2) is 4.98 Å². The molecule has 0 aliphatic heterocycles. The molecular formula is C25H17BrN2. The molecule has 3 heteroatoms. The Kier molecular flexibility index (Phi) is 4.30. The summed E-state index contributed by atoms with van der Waals surface area (Å²) in [5.41, 5.74) is 5.87. The molecule has 134 valence electrons. The van der Waals surface area contributed by atoms with E-state index in [4.69, 9.17) is 0 Å². The maximum atomic E-state index is 4.67. The van der Waals surface area contributed by atoms with Crippen LogP contribution in [-0.4, -0.2) is 9.55 Å². The monoisotopic (exact) mass is 424 g/mol. The minimum atomic E-state index is 0.909. The van der Waals surface area contributed by atoms with Gasteiger partial charge >= 0.3 is 0 Å². The smallest absolute Gasteiger partial charge is 0.137 e. The Morgan fingerprint density at radius 3 is 2.04 bits per heavy atom. The molecule has 0 atom stereocenters. The zero-order valence-corrected chi connectivity index (χ0v) is 16.7. The third-order valence-corrected chi connectivity index (χ3v) is 5.41. The van der Waals surface area contributed by atoms with Crippen LogP contribution in [0.1, 0.15) is 0 Å². The van der Waals surface area contributed by atoms with Gasteiger partial charge in [-0.1, -0.05) is 88.7 Å². The molecule has 5 aromatic rings. The van der Waals surface area contributed by atoms with Gasteiger partial charge in [-0.05, 0) is 35.4 Å². The van der Waals surface area contributed by atoms with Gasteiger partial charge in [-0.3, -0.25) is 4.57 Å². The van der Waals surface area contributed by atoms with Crippen LogP contribution in [0.15, 0.2) is 108 Å². The van der Waals surface area contributed by atoms with Crippen molar-refractivity contribution in [3.63, 3.8) is 0 Å². The molecule has 0 radical (unpaired) electrons. The number of nitrogens with zero attached hydrogens (tertiary/aromatic N) is 2. The number of pyridine rings is 1. The van der Waals surface area contributed by atoms with Gasteiger partial charge in [0, 0.05) is 21.6 Å². The van der Waals surface area contributed by atoms with Gasteiger partial charge in [0.05, 0.1) is 11.2 Å². The van der Waals surface area contributed by atoms with E-state index in [0.717, 1.165) is 21.5 Å². The standard InChI is InChI=1S/C25H17BrN2/c26-20-14-15-21-22(17-20)28(23-13-7-8-16-27-23)25(19-11-5-2-6-12-19)24(21)18-9-3-1-4-10-18/h1-17H. The van der Waals surface area contributed by atoms with Crippen LogP contribution in [0, 0.1) is 0 Å². The molecule has 0 unspecified atom stereocenters. The fourth-order valence-electron chi connectivity index (χ4n) is 3.75. The Hall–Kier alpha value is -3.17. The molecule has 3 aromatic carbocycles. The SMILES string of the molecule is Brc1ccc2c(-c3ccccc3)c(-c3ccccc3)n(-c3ccccn3)c2c1. The lowest BCUT2D eigenvalue weighted by Gasteiger charge is -2.12. The summed E-state index contributed by atoms with van der Waals surface area (Å²) < 4.78 is 3.31. The van der Waals surface area contributed by atoms with E-state index in [0.29, 0.717) is 0 Å². The normalized spacial score (nSPS) is 11.0. The maximum absolute atomic E-state index is 4.67. The second-order valence-electron chi connectivity index (χ2n) is 6.64. The summed E-state index contributed by atoms with van der Waals surface area (Å²) >= 11 is 3.65. The molecule has 0 bridgehead atoms. The number of benzene rings is 3. The topological polar surface area (TPSA) is 17.8 Å². The zero-order chi connectivity index (χ0) is 18.9. The number of hydrogen-bond acceptors (Lipinski definition) is 1. The largest absolute Gasteiger partial charge is 0.293 e. The fraction of sp³-hybridized carbons (Fsp3) is 0. The van der Waals surface area contributed by atoms with E-state index in [1.807, 2.05) is 18.3 Å². The highest BCUT2D eigenvalue weighted by atomic mass is 79.9. The van der Waals surface area contributed by atoms with E-state index in [1.165, 1.54) is 22.1 Å². The third kappa shape index (κ3) is 2.85. The summed E-state index contributed by atoms with van der Waals surface area (Å²) in [6.45, 7) is 0. The van der Waals surface area contributed by atoms with Crippen LogP contribution in [0.3, 0.4) is 0 Å². The fourth-order valence-corrected chi connectivity index (χ4v) is 4.10. The number of fused-ring (bicyclic) bond motifs is 1. The third-order valence-electron chi connectivity index (χ3n) is 4.92. The lowest BCUT2D eigenvalue weighted by Crippen LogP contribution is -1.99. The Morgan fingerprint density at radius 1 is 0.679 bits per heavy atom. The number of hydrogen-bond donors (Lipinski definition) is 0. The number of halogens is 1. The van der Waals surface area contributed by atoms with E-state index in [1.54, 1.807) is 0 Å². The van der Waals surface area contributed by atoms with E-state index in [9.17, 15) is 0 Å². The van der Waals surface area contributed by atoms with Crippen molar-refractivity contribution in [3.8, 4) is 28.2 Å². The van der Waals surface area contributed by atoms with Gasteiger partial charge in [0.15, 0.2) is 0 Å². The van der Waals surface area contributed by atoms with Crippen LogP contribution < -0.4 is 0 Å². The summed E-state index contributed by atoms with van der Waals surface area (Å²) in [4.78, 5) is 4.67. The number of rotatable bonds is 3. The Bertz CT molecular complexity index is 1240. The molecule has 0 fully saturated rings. The highest BCUT2D eigenvalue weighted by molar-refractivity contribution is 9.10. The molecule has 0 spiro atoms. The minimum Gasteiger partial charge on any atom is -0.293 e. The first-order chi connectivity index (χ1) is 13.8. The van der Waals surface area contributed by atoms with Crippen molar-refractivity contribution >= 4 is 26.8 Å². The van der Waals surface area contributed by atoms with E-state index >= 15 is 0 Å². The summed E-state index contributed by atoms with van der Waals surface area (Å²) in [6, 6.07) is 33.6. The molecule has 2 heterocycles. The van der Waals surface area contributed by atoms with E-state index < -0.39 is 0 Å². The quantitative estimate of drug-likeness (QED) is 0.301. The molecule has 2 nitrogen and oxygen atoms in total. The molecule has 5 rings (SSSR count). The lowest BCUT2D eigenvalue weighted by atomic mass is 9.98. The summed E-state index contributed by atoms with van der Waals surface area (Å²) in [7, 11) is 0. The molecule has 0 aliphatic rings. The van der Waals surface area contributed by atoms with Gasteiger partial charge in [0.25, 0.3) is 0 Å². The predicted molar refractivity (Wildman–Crippen MR) is 120 cm³/mol. The Balaban J connectivity index is 1.98. The molecule has 28 heavy (non-hydrogen) atoms. The van der Waals surface area contributed by atoms with E-state index in [2.05, 4.69) is 110 Å². The van der Waals surface area contributed by atoms with Crippen molar-refractivity contribution in [2.45, 2.75) is 0 Å². The average Bonchev–Trinajstić information content (AvgIpc) is 3.10. The van der Waals surface area contributed by atoms with Crippen LogP contribution in [0.2, 0.25) is 0 Å². The van der Waals surface area contributed by atoms with Crippen molar-refractivity contribution in [1.82, 2.24) is 9.55 Å². The number of aromatic nitrogens is 2. The Morgan fingerprint density at radius 2 is 1.36 bits per heavy atom. The van der Waals surface area contributed by atoms with Gasteiger partial charge < -0.3 is 0 Å². The lowest BCUT2D eigenvalue weighted by molar-refractivity contribution is 1.05. The Labute approximate surface area is 172 Å². The summed E-state index contributed by atoms with van der Waals surface area (Å²) in [5, 5.41) is 1.21. The summed E-state index contributed by atoms with van der Waals surface area (Å²) in [6.07, 6.45) is 1.84. The molecule has 0 saturated carbocycles. The van der Waals surface area contributed by atoms with Crippen LogP contribution >= 0.6 is 15.9 Å². The van der Waals surface area contributed by atoms with Gasteiger partial charge in [-0.15, -0.1) is 0 Å². The molecule has 0 N–H and O–H groups in total. The van der Waals surface area contributed by atoms with Crippen molar-refractivity contribution < 1.29 is 0 Å². The first kappa shape index (κ1) is 17.0. The second kappa shape index (κ2) is 7.10. The first-order valence-electron chi connectivity index (χ1n) is 9.19. The van der Waals surface area contributed by atoms with Crippen LogP contribution in [0.5, 0.6) is 0 Å². The molecule has 0 saturated heterocycles. The molecule has 2 aromatic heterocycles. The van der Waals surface area contributed by atoms with Crippen LogP contribution in [0.4, 0.5) is 0 Å². The highest BCUT2D eigenvalue weighted by Gasteiger charge is 2.21. The zero-order valence-electron chi connectivity index (χ0n) is 15.1. The maximum Gasteiger partial charge on any atom is 0.137 e. The van der Waals surface area contributed by atoms with Gasteiger partial charge in [0.2, 0.25) is 0 Å². The minimum absolute atomic E-state index is 0.909. The first-order valence-corrected chi connectivity index (χ1v) is 9.98. The van der Waals surface area contributed by atoms with Crippen molar-refractivity contribution in [3.05, 3.63) is 108 Å². The van der Waals surface area contributed by atoms with Gasteiger partial charge in [-0.2, -0.15) is 0 Å². The van der Waals surface area contributed by atoms with Crippen molar-refractivity contribution in [2.75, 3.05) is 0 Å². The summed E-state index contributed by atoms with van der Waals surface area (Å²) in [5.74, 6) is 0.909. The second-order valence-corrected chi connectivity index (χ2v) is 7.56. The highest BCUT2D eigenvalue weighted by Crippen LogP contribution is 2.42. The van der Waals surface area contributed by atoms with Crippen molar-refractivity contribution in [2.24, 2.45) is 0 Å². The van der Waals surface area contributed by atoms with Gasteiger partial charge in [0.1, 0.15) is 5.82 Å². The van der Waals surface area contributed by atoms with Crippen molar-refractivity contribution in [1.29, 1.82) is 0 Å². The molecule has 0 aliphatic carbocycles. The molecule has 0 amide bonds. The van der Waals surface area contributed by atoms with Crippen LogP contribution in [0.25, 0.3) is 39.1 Å².